The van der Waals surface area contributed by atoms with Crippen LogP contribution in [0.1, 0.15) is 45.6 Å². The maximum absolute atomic E-state index is 12.3. The second-order valence-electron chi connectivity index (χ2n) is 7.12. The van der Waals surface area contributed by atoms with Crippen LogP contribution in [0.25, 0.3) is 0 Å². The van der Waals surface area contributed by atoms with Gasteiger partial charge in [0.05, 0.1) is 6.42 Å². The molecule has 0 bridgehead atoms. The van der Waals surface area contributed by atoms with Crippen molar-refractivity contribution in [3.05, 3.63) is 35.9 Å². The van der Waals surface area contributed by atoms with Gasteiger partial charge in [0.25, 0.3) is 0 Å². The Kier molecular flexibility index (Phi) is 6.37. The standard InChI is InChI=1S/C19H27NO4/c1-19(2,3)24-17(21)11-13-20-12-7-10-16(20)18(22)23-14-15-8-5-4-6-9-15/h4-6,8-9,16H,7,10-14H2,1-3H3. The van der Waals surface area contributed by atoms with Gasteiger partial charge in [0.15, 0.2) is 0 Å². The molecule has 5 heteroatoms. The first-order chi connectivity index (χ1) is 11.3. The molecule has 132 valence electrons. The quantitative estimate of drug-likeness (QED) is 0.749. The number of carbonyl (C=O) groups excluding carboxylic acids is 2. The van der Waals surface area contributed by atoms with Gasteiger partial charge in [-0.05, 0) is 45.7 Å². The highest BCUT2D eigenvalue weighted by atomic mass is 16.6. The van der Waals surface area contributed by atoms with Crippen molar-refractivity contribution in [2.24, 2.45) is 0 Å². The van der Waals surface area contributed by atoms with Gasteiger partial charge in [-0.2, -0.15) is 0 Å². The van der Waals surface area contributed by atoms with Crippen molar-refractivity contribution in [2.75, 3.05) is 13.1 Å². The van der Waals surface area contributed by atoms with Crippen LogP contribution in [-0.2, 0) is 25.7 Å². The topological polar surface area (TPSA) is 55.8 Å². The fourth-order valence-corrected chi connectivity index (χ4v) is 2.81. The van der Waals surface area contributed by atoms with Crippen LogP contribution in [0.3, 0.4) is 0 Å². The molecular weight excluding hydrogens is 306 g/mol. The fourth-order valence-electron chi connectivity index (χ4n) is 2.81. The van der Waals surface area contributed by atoms with Gasteiger partial charge >= 0.3 is 11.9 Å². The third-order valence-corrected chi connectivity index (χ3v) is 3.88. The van der Waals surface area contributed by atoms with Crippen LogP contribution in [0.5, 0.6) is 0 Å². The monoisotopic (exact) mass is 333 g/mol. The van der Waals surface area contributed by atoms with Crippen molar-refractivity contribution in [2.45, 2.75) is 58.3 Å². The van der Waals surface area contributed by atoms with Gasteiger partial charge in [-0.1, -0.05) is 30.3 Å². The molecule has 1 saturated heterocycles. The van der Waals surface area contributed by atoms with Crippen LogP contribution in [0.15, 0.2) is 30.3 Å². The minimum absolute atomic E-state index is 0.208. The van der Waals surface area contributed by atoms with Crippen LogP contribution in [-0.4, -0.2) is 41.6 Å². The molecule has 1 aromatic rings. The number of esters is 2. The predicted molar refractivity (Wildman–Crippen MR) is 91.3 cm³/mol. The van der Waals surface area contributed by atoms with E-state index in [-0.39, 0.29) is 24.6 Å². The summed E-state index contributed by atoms with van der Waals surface area (Å²) in [6, 6.07) is 9.39. The fraction of sp³-hybridized carbons (Fsp3) is 0.579. The van der Waals surface area contributed by atoms with Crippen molar-refractivity contribution < 1.29 is 19.1 Å². The van der Waals surface area contributed by atoms with Crippen molar-refractivity contribution >= 4 is 11.9 Å². The molecule has 1 aliphatic rings. The average molecular weight is 333 g/mol. The number of rotatable bonds is 6. The largest absolute Gasteiger partial charge is 0.460 e. The molecule has 5 nitrogen and oxygen atoms in total. The average Bonchev–Trinajstić information content (AvgIpc) is 2.98. The Morgan fingerprint density at radius 3 is 2.58 bits per heavy atom. The molecule has 2 rings (SSSR count). The van der Waals surface area contributed by atoms with E-state index in [0.717, 1.165) is 24.9 Å². The molecule has 1 heterocycles. The van der Waals surface area contributed by atoms with Crippen LogP contribution < -0.4 is 0 Å². The molecule has 0 spiro atoms. The van der Waals surface area contributed by atoms with Crippen LogP contribution >= 0.6 is 0 Å². The summed E-state index contributed by atoms with van der Waals surface area (Å²) in [4.78, 5) is 26.2. The Morgan fingerprint density at radius 1 is 1.21 bits per heavy atom. The third kappa shape index (κ3) is 5.96. The van der Waals surface area contributed by atoms with Gasteiger partial charge in [0.2, 0.25) is 0 Å². The number of hydrogen-bond donors (Lipinski definition) is 0. The number of carbonyl (C=O) groups is 2. The van der Waals surface area contributed by atoms with E-state index in [4.69, 9.17) is 9.47 Å². The maximum Gasteiger partial charge on any atom is 0.323 e. The lowest BCUT2D eigenvalue weighted by atomic mass is 10.2. The summed E-state index contributed by atoms with van der Waals surface area (Å²) in [6.45, 7) is 7.18. The summed E-state index contributed by atoms with van der Waals surface area (Å²) >= 11 is 0. The molecule has 1 aliphatic heterocycles. The summed E-state index contributed by atoms with van der Waals surface area (Å²) < 4.78 is 10.7. The molecule has 24 heavy (non-hydrogen) atoms. The third-order valence-electron chi connectivity index (χ3n) is 3.88. The molecule has 0 saturated carbocycles. The van der Waals surface area contributed by atoms with E-state index in [9.17, 15) is 9.59 Å². The van der Waals surface area contributed by atoms with Gasteiger partial charge < -0.3 is 9.47 Å². The van der Waals surface area contributed by atoms with Crippen molar-refractivity contribution in [1.82, 2.24) is 4.90 Å². The van der Waals surface area contributed by atoms with E-state index < -0.39 is 5.60 Å². The van der Waals surface area contributed by atoms with E-state index in [0.29, 0.717) is 13.0 Å². The van der Waals surface area contributed by atoms with Crippen molar-refractivity contribution in [3.63, 3.8) is 0 Å². The van der Waals surface area contributed by atoms with Crippen molar-refractivity contribution in [1.29, 1.82) is 0 Å². The van der Waals surface area contributed by atoms with Crippen LogP contribution in [0.4, 0.5) is 0 Å². The number of ether oxygens (including phenoxy) is 2. The normalized spacial score (nSPS) is 18.4. The van der Waals surface area contributed by atoms with Crippen molar-refractivity contribution in [3.8, 4) is 0 Å². The predicted octanol–water partition coefficient (Wildman–Crippen LogP) is 2.93. The smallest absolute Gasteiger partial charge is 0.323 e. The van der Waals surface area contributed by atoms with Gasteiger partial charge in [0.1, 0.15) is 18.2 Å². The number of likely N-dealkylation sites (tertiary alicyclic amines) is 1. The van der Waals surface area contributed by atoms with E-state index in [1.54, 1.807) is 0 Å². The van der Waals surface area contributed by atoms with E-state index in [1.807, 2.05) is 56.0 Å². The molecule has 0 N–H and O–H groups in total. The van der Waals surface area contributed by atoms with Crippen LogP contribution in [0.2, 0.25) is 0 Å². The Hall–Kier alpha value is -1.88. The lowest BCUT2D eigenvalue weighted by Crippen LogP contribution is -2.39. The van der Waals surface area contributed by atoms with E-state index in [1.165, 1.54) is 0 Å². The molecule has 1 unspecified atom stereocenters. The highest BCUT2D eigenvalue weighted by molar-refractivity contribution is 5.76. The molecule has 1 aromatic carbocycles. The molecule has 1 fully saturated rings. The first-order valence-corrected chi connectivity index (χ1v) is 8.51. The Labute approximate surface area is 143 Å². The Bertz CT molecular complexity index is 550. The number of benzene rings is 1. The molecule has 0 radical (unpaired) electrons. The molecule has 0 amide bonds. The van der Waals surface area contributed by atoms with Gasteiger partial charge in [0, 0.05) is 6.54 Å². The van der Waals surface area contributed by atoms with E-state index in [2.05, 4.69) is 0 Å². The lowest BCUT2D eigenvalue weighted by Gasteiger charge is -2.24. The van der Waals surface area contributed by atoms with Gasteiger partial charge in [-0.3, -0.25) is 14.5 Å². The summed E-state index contributed by atoms with van der Waals surface area (Å²) in [6.07, 6.45) is 2.01. The zero-order valence-electron chi connectivity index (χ0n) is 14.8. The van der Waals surface area contributed by atoms with Crippen LogP contribution in [0, 0.1) is 0 Å². The highest BCUT2D eigenvalue weighted by Gasteiger charge is 2.32. The lowest BCUT2D eigenvalue weighted by molar-refractivity contribution is -0.157. The molecule has 1 atom stereocenters. The Balaban J connectivity index is 1.79. The van der Waals surface area contributed by atoms with Gasteiger partial charge in [-0.15, -0.1) is 0 Å². The van der Waals surface area contributed by atoms with E-state index >= 15 is 0 Å². The molecule has 0 aliphatic carbocycles. The summed E-state index contributed by atoms with van der Waals surface area (Å²) in [7, 11) is 0. The number of hydrogen-bond acceptors (Lipinski definition) is 5. The second kappa shape index (κ2) is 8.29. The molecular formula is C19H27NO4. The SMILES string of the molecule is CC(C)(C)OC(=O)CCN1CCCC1C(=O)OCc1ccccc1. The summed E-state index contributed by atoms with van der Waals surface area (Å²) in [5, 5.41) is 0. The summed E-state index contributed by atoms with van der Waals surface area (Å²) in [5.41, 5.74) is 0.500. The second-order valence-corrected chi connectivity index (χ2v) is 7.12. The first kappa shape index (κ1) is 18.5. The number of nitrogens with zero attached hydrogens (tertiary/aromatic N) is 1. The minimum Gasteiger partial charge on any atom is -0.460 e. The molecule has 0 aromatic heterocycles. The summed E-state index contributed by atoms with van der Waals surface area (Å²) in [5.74, 6) is -0.439. The first-order valence-electron chi connectivity index (χ1n) is 8.51. The highest BCUT2D eigenvalue weighted by Crippen LogP contribution is 2.20. The zero-order chi connectivity index (χ0) is 17.6. The maximum atomic E-state index is 12.3. The van der Waals surface area contributed by atoms with Gasteiger partial charge in [-0.25, -0.2) is 0 Å². The zero-order valence-corrected chi connectivity index (χ0v) is 14.8. The minimum atomic E-state index is -0.476. The Morgan fingerprint density at radius 2 is 1.92 bits per heavy atom.